The van der Waals surface area contributed by atoms with Gasteiger partial charge in [0.1, 0.15) is 4.90 Å². The maximum atomic E-state index is 12.3. The number of likely N-dealkylation sites (tertiary alicyclic amines) is 1. The average Bonchev–Trinajstić information content (AvgIpc) is 2.92. The van der Waals surface area contributed by atoms with Crippen LogP contribution in [-0.4, -0.2) is 44.6 Å². The van der Waals surface area contributed by atoms with Crippen molar-refractivity contribution in [2.45, 2.75) is 24.3 Å². The first kappa shape index (κ1) is 17.0. The van der Waals surface area contributed by atoms with E-state index in [2.05, 4.69) is 9.62 Å². The number of hydrogen-bond donors (Lipinski definition) is 2. The van der Waals surface area contributed by atoms with Crippen LogP contribution in [0.2, 0.25) is 10.0 Å². The number of hydrogen-bond acceptors (Lipinski definition) is 4. The summed E-state index contributed by atoms with van der Waals surface area (Å²) in [7, 11) is -3.71. The molecule has 0 atom stereocenters. The van der Waals surface area contributed by atoms with Gasteiger partial charge in [0.25, 0.3) is 0 Å². The summed E-state index contributed by atoms with van der Waals surface area (Å²) in [4.78, 5) is 2.16. The molecule has 118 valence electrons. The Morgan fingerprint density at radius 3 is 2.52 bits per heavy atom. The summed E-state index contributed by atoms with van der Waals surface area (Å²) in [5.74, 6) is 0. The molecule has 0 aromatic heterocycles. The van der Waals surface area contributed by atoms with Crippen LogP contribution in [0.1, 0.15) is 18.4 Å². The Kier molecular flexibility index (Phi) is 5.88. The van der Waals surface area contributed by atoms with Gasteiger partial charge in [0.05, 0.1) is 11.6 Å². The summed E-state index contributed by atoms with van der Waals surface area (Å²) >= 11 is 11.9. The highest BCUT2D eigenvalue weighted by Gasteiger charge is 2.21. The molecular weight excluding hydrogens is 335 g/mol. The number of aliphatic hydroxyl groups excluding tert-OH is 1. The molecule has 1 aromatic rings. The number of nitrogens with one attached hydrogen (secondary N) is 1. The number of sulfonamides is 1. The van der Waals surface area contributed by atoms with Gasteiger partial charge in [0.15, 0.2) is 0 Å². The van der Waals surface area contributed by atoms with Crippen molar-refractivity contribution in [1.29, 1.82) is 0 Å². The Bertz CT molecular complexity index is 602. The number of aliphatic hydroxyl groups is 1. The molecule has 0 spiro atoms. The quantitative estimate of drug-likeness (QED) is 0.819. The van der Waals surface area contributed by atoms with Crippen LogP contribution in [0.5, 0.6) is 0 Å². The third-order valence-corrected chi connectivity index (χ3v) is 5.92. The minimum Gasteiger partial charge on any atom is -0.392 e. The summed E-state index contributed by atoms with van der Waals surface area (Å²) in [6.45, 7) is 2.62. The molecule has 0 bridgehead atoms. The molecule has 0 amide bonds. The van der Waals surface area contributed by atoms with Crippen LogP contribution < -0.4 is 4.72 Å². The first-order valence-corrected chi connectivity index (χ1v) is 8.99. The van der Waals surface area contributed by atoms with Gasteiger partial charge in [0, 0.05) is 23.7 Å². The van der Waals surface area contributed by atoms with E-state index in [1.54, 1.807) is 0 Å². The molecule has 1 fully saturated rings. The highest BCUT2D eigenvalue weighted by Crippen LogP contribution is 2.30. The predicted octanol–water partition coefficient (Wildman–Crippen LogP) is 1.86. The Balaban J connectivity index is 2.08. The van der Waals surface area contributed by atoms with Gasteiger partial charge < -0.3 is 10.0 Å². The second-order valence-corrected chi connectivity index (χ2v) is 7.46. The second-order valence-electron chi connectivity index (χ2n) is 4.94. The molecule has 5 nitrogen and oxygen atoms in total. The van der Waals surface area contributed by atoms with Crippen LogP contribution in [0.25, 0.3) is 0 Å². The standard InChI is InChI=1S/C13H18Cl2N2O3S/c14-11-3-4-12(13(15)10(11)9-18)21(19,20)16-5-8-17-6-1-2-7-17/h3-4,16,18H,1-2,5-9H2. The first-order valence-electron chi connectivity index (χ1n) is 6.75. The number of rotatable bonds is 6. The molecule has 8 heteroatoms. The lowest BCUT2D eigenvalue weighted by atomic mass is 10.2. The zero-order valence-electron chi connectivity index (χ0n) is 11.5. The van der Waals surface area contributed by atoms with Crippen molar-refractivity contribution in [3.63, 3.8) is 0 Å². The van der Waals surface area contributed by atoms with Crippen LogP contribution in [0.4, 0.5) is 0 Å². The normalized spacial score (nSPS) is 16.5. The van der Waals surface area contributed by atoms with Gasteiger partial charge >= 0.3 is 0 Å². The van der Waals surface area contributed by atoms with Gasteiger partial charge in [-0.1, -0.05) is 23.2 Å². The molecule has 1 aliphatic rings. The number of nitrogens with zero attached hydrogens (tertiary/aromatic N) is 1. The van der Waals surface area contributed by atoms with Crippen molar-refractivity contribution < 1.29 is 13.5 Å². The summed E-state index contributed by atoms with van der Waals surface area (Å²) in [6, 6.07) is 2.77. The molecule has 0 saturated carbocycles. The van der Waals surface area contributed by atoms with E-state index in [9.17, 15) is 13.5 Å². The zero-order chi connectivity index (χ0) is 15.5. The second kappa shape index (κ2) is 7.26. The third kappa shape index (κ3) is 4.09. The molecule has 0 radical (unpaired) electrons. The van der Waals surface area contributed by atoms with Crippen molar-refractivity contribution in [3.05, 3.63) is 27.7 Å². The smallest absolute Gasteiger partial charge is 0.242 e. The van der Waals surface area contributed by atoms with Gasteiger partial charge in [-0.2, -0.15) is 0 Å². The van der Waals surface area contributed by atoms with E-state index in [-0.39, 0.29) is 20.5 Å². The summed E-state index contributed by atoms with van der Waals surface area (Å²) < 4.78 is 27.1. The van der Waals surface area contributed by atoms with Crippen LogP contribution in [0.15, 0.2) is 17.0 Å². The van der Waals surface area contributed by atoms with Crippen molar-refractivity contribution in [3.8, 4) is 0 Å². The van der Waals surface area contributed by atoms with Gasteiger partial charge in [-0.3, -0.25) is 0 Å². The number of halogens is 2. The molecule has 2 rings (SSSR count). The van der Waals surface area contributed by atoms with Crippen LogP contribution in [0, 0.1) is 0 Å². The molecule has 0 unspecified atom stereocenters. The molecule has 0 aliphatic carbocycles. The predicted molar refractivity (Wildman–Crippen MR) is 83.2 cm³/mol. The Labute approximate surface area is 134 Å². The maximum absolute atomic E-state index is 12.3. The average molecular weight is 353 g/mol. The van der Waals surface area contributed by atoms with E-state index >= 15 is 0 Å². The van der Waals surface area contributed by atoms with Crippen molar-refractivity contribution in [1.82, 2.24) is 9.62 Å². The van der Waals surface area contributed by atoms with Gasteiger partial charge in [-0.15, -0.1) is 0 Å². The fraction of sp³-hybridized carbons (Fsp3) is 0.538. The SMILES string of the molecule is O=S(=O)(NCCN1CCCC1)c1ccc(Cl)c(CO)c1Cl. The van der Waals surface area contributed by atoms with Gasteiger partial charge in [-0.05, 0) is 38.1 Å². The van der Waals surface area contributed by atoms with Crippen molar-refractivity contribution in [2.24, 2.45) is 0 Å². The minimum absolute atomic E-state index is 0.0290. The maximum Gasteiger partial charge on any atom is 0.242 e. The van der Waals surface area contributed by atoms with E-state index in [0.29, 0.717) is 13.1 Å². The molecule has 1 aliphatic heterocycles. The summed E-state index contributed by atoms with van der Waals surface area (Å²) in [5.41, 5.74) is 0.223. The summed E-state index contributed by atoms with van der Waals surface area (Å²) in [5, 5.41) is 9.44. The Morgan fingerprint density at radius 2 is 1.90 bits per heavy atom. The van der Waals surface area contributed by atoms with E-state index in [0.717, 1.165) is 25.9 Å². The van der Waals surface area contributed by atoms with E-state index < -0.39 is 16.6 Å². The fourth-order valence-electron chi connectivity index (χ4n) is 2.35. The van der Waals surface area contributed by atoms with E-state index in [4.69, 9.17) is 23.2 Å². The number of benzene rings is 1. The lowest BCUT2D eigenvalue weighted by molar-refractivity contribution is 0.281. The monoisotopic (exact) mass is 352 g/mol. The van der Waals surface area contributed by atoms with Crippen LogP contribution in [-0.2, 0) is 16.6 Å². The van der Waals surface area contributed by atoms with E-state index in [1.165, 1.54) is 12.1 Å². The molecule has 1 saturated heterocycles. The summed E-state index contributed by atoms with van der Waals surface area (Å²) in [6.07, 6.45) is 2.32. The minimum atomic E-state index is -3.71. The van der Waals surface area contributed by atoms with Gasteiger partial charge in [-0.25, -0.2) is 13.1 Å². The Morgan fingerprint density at radius 1 is 1.24 bits per heavy atom. The lowest BCUT2D eigenvalue weighted by Gasteiger charge is -2.16. The van der Waals surface area contributed by atoms with E-state index in [1.807, 2.05) is 0 Å². The molecule has 2 N–H and O–H groups in total. The fourth-order valence-corrected chi connectivity index (χ4v) is 4.27. The lowest BCUT2D eigenvalue weighted by Crippen LogP contribution is -2.33. The zero-order valence-corrected chi connectivity index (χ0v) is 13.8. The Hall–Kier alpha value is -0.370. The van der Waals surface area contributed by atoms with Crippen molar-refractivity contribution in [2.75, 3.05) is 26.2 Å². The topological polar surface area (TPSA) is 69.6 Å². The van der Waals surface area contributed by atoms with Gasteiger partial charge in [0.2, 0.25) is 10.0 Å². The van der Waals surface area contributed by atoms with Crippen LogP contribution in [0.3, 0.4) is 0 Å². The van der Waals surface area contributed by atoms with Crippen molar-refractivity contribution >= 4 is 33.2 Å². The highest BCUT2D eigenvalue weighted by molar-refractivity contribution is 7.89. The molecule has 1 aromatic carbocycles. The highest BCUT2D eigenvalue weighted by atomic mass is 35.5. The van der Waals surface area contributed by atoms with Crippen LogP contribution >= 0.6 is 23.2 Å². The molecule has 1 heterocycles. The first-order chi connectivity index (χ1) is 9.95. The molecular formula is C13H18Cl2N2O3S. The molecule has 21 heavy (non-hydrogen) atoms. The largest absolute Gasteiger partial charge is 0.392 e. The third-order valence-electron chi connectivity index (χ3n) is 3.52.